The van der Waals surface area contributed by atoms with Gasteiger partial charge in [0.1, 0.15) is 0 Å². The van der Waals surface area contributed by atoms with Crippen molar-refractivity contribution in [1.82, 2.24) is 4.57 Å². The van der Waals surface area contributed by atoms with Gasteiger partial charge in [-0.2, -0.15) is 0 Å². The number of carbonyl (C=O) groups excluding carboxylic acids is 1. The van der Waals surface area contributed by atoms with E-state index in [1.807, 2.05) is 0 Å². The lowest BCUT2D eigenvalue weighted by Crippen LogP contribution is -2.40. The average Bonchev–Trinajstić information content (AvgIpc) is 3.35. The molecule has 3 aromatic carbocycles. The molecule has 5 rings (SSSR count). The predicted molar refractivity (Wildman–Crippen MR) is 162 cm³/mol. The normalized spacial score (nSPS) is 14.4. The second kappa shape index (κ2) is 12.4. The third kappa shape index (κ3) is 5.63. The number of ether oxygens (including phenoxy) is 3. The molecule has 2 heterocycles. The number of phenolic OH excluding ortho intramolecular Hbond substituents is 1. The summed E-state index contributed by atoms with van der Waals surface area (Å²) in [6.07, 6.45) is 1.11. The summed E-state index contributed by atoms with van der Waals surface area (Å²) in [7, 11) is 2.90. The molecule has 0 bridgehead atoms. The van der Waals surface area contributed by atoms with Gasteiger partial charge >= 0.3 is 11.7 Å². The zero-order chi connectivity index (χ0) is 32.4. The molecule has 4 aromatic rings. The summed E-state index contributed by atoms with van der Waals surface area (Å²) in [6.45, 7) is 1.68. The predicted octanol–water partition coefficient (Wildman–Crippen LogP) is 3.47. The third-order valence-electron chi connectivity index (χ3n) is 6.90. The van der Waals surface area contributed by atoms with E-state index in [0.29, 0.717) is 28.7 Å². The van der Waals surface area contributed by atoms with E-state index < -0.39 is 44.5 Å². The number of phenols is 1. The monoisotopic (exact) mass is 632 g/mol. The maximum Gasteiger partial charge on any atom is 0.338 e. The Hall–Kier alpha value is -5.83. The van der Waals surface area contributed by atoms with Crippen LogP contribution in [0.2, 0.25) is 0 Å². The van der Waals surface area contributed by atoms with E-state index >= 15 is 0 Å². The molecule has 0 saturated carbocycles. The number of esters is 1. The van der Waals surface area contributed by atoms with Crippen molar-refractivity contribution in [3.05, 3.63) is 123 Å². The van der Waals surface area contributed by atoms with Crippen LogP contribution in [0.25, 0.3) is 11.8 Å². The highest BCUT2D eigenvalue weighted by Gasteiger charge is 2.36. The van der Waals surface area contributed by atoms with Crippen LogP contribution in [0.15, 0.2) is 76.0 Å². The summed E-state index contributed by atoms with van der Waals surface area (Å²) in [5.74, 6) is -0.847. The Balaban J connectivity index is 1.87. The van der Waals surface area contributed by atoms with Gasteiger partial charge in [0.05, 0.1) is 58.6 Å². The zero-order valence-corrected chi connectivity index (χ0v) is 24.8. The first kappa shape index (κ1) is 30.6. The van der Waals surface area contributed by atoms with E-state index in [0.717, 1.165) is 23.5 Å². The lowest BCUT2D eigenvalue weighted by atomic mass is 9.93. The first-order valence-corrected chi connectivity index (χ1v) is 14.1. The number of fused-ring (bicyclic) bond motifs is 1. The highest BCUT2D eigenvalue weighted by Crippen LogP contribution is 2.39. The van der Waals surface area contributed by atoms with Gasteiger partial charge in [-0.3, -0.25) is 29.6 Å². The van der Waals surface area contributed by atoms with Gasteiger partial charge in [0.25, 0.3) is 11.2 Å². The number of methoxy groups -OCH3 is 2. The van der Waals surface area contributed by atoms with E-state index in [4.69, 9.17) is 19.2 Å². The van der Waals surface area contributed by atoms with Gasteiger partial charge in [0, 0.05) is 17.2 Å². The highest BCUT2D eigenvalue weighted by atomic mass is 32.1. The van der Waals surface area contributed by atoms with Crippen LogP contribution in [0, 0.1) is 20.2 Å². The van der Waals surface area contributed by atoms with Crippen molar-refractivity contribution in [3.8, 4) is 17.2 Å². The summed E-state index contributed by atoms with van der Waals surface area (Å²) < 4.78 is 17.5. The van der Waals surface area contributed by atoms with E-state index in [2.05, 4.69) is 0 Å². The minimum absolute atomic E-state index is 0.0400. The first-order valence-electron chi connectivity index (χ1n) is 13.3. The fourth-order valence-electron chi connectivity index (χ4n) is 4.90. The summed E-state index contributed by atoms with van der Waals surface area (Å²) in [5.41, 5.74) is -1.24. The van der Waals surface area contributed by atoms with Crippen LogP contribution in [-0.2, 0) is 9.53 Å². The van der Waals surface area contributed by atoms with Crippen LogP contribution >= 0.6 is 11.3 Å². The molecule has 1 aromatic heterocycles. The number of aromatic hydroxyl groups is 1. The molecule has 0 amide bonds. The molecule has 0 aliphatic carbocycles. The zero-order valence-electron chi connectivity index (χ0n) is 24.0. The minimum atomic E-state index is -1.09. The molecule has 45 heavy (non-hydrogen) atoms. The molecule has 0 unspecified atom stereocenters. The van der Waals surface area contributed by atoms with Gasteiger partial charge in [0.15, 0.2) is 16.3 Å². The molecule has 0 radical (unpaired) electrons. The van der Waals surface area contributed by atoms with Crippen molar-refractivity contribution >= 4 is 40.5 Å². The quantitative estimate of drug-likeness (QED) is 0.163. The Morgan fingerprint density at radius 1 is 1.04 bits per heavy atom. The summed E-state index contributed by atoms with van der Waals surface area (Å²) in [6, 6.07) is 14.2. The van der Waals surface area contributed by atoms with Gasteiger partial charge in [-0.05, 0) is 30.7 Å². The number of hydrogen-bond acceptors (Lipinski definition) is 12. The van der Waals surface area contributed by atoms with Crippen LogP contribution in [0.4, 0.5) is 11.4 Å². The lowest BCUT2D eigenvalue weighted by molar-refractivity contribution is -0.394. The van der Waals surface area contributed by atoms with Gasteiger partial charge in [-0.15, -0.1) is 0 Å². The molecule has 0 fully saturated rings. The third-order valence-corrected chi connectivity index (χ3v) is 7.88. The van der Waals surface area contributed by atoms with Crippen molar-refractivity contribution in [2.45, 2.75) is 13.0 Å². The molecule has 1 atom stereocenters. The number of aromatic nitrogens is 1. The van der Waals surface area contributed by atoms with Gasteiger partial charge in [-0.1, -0.05) is 47.7 Å². The second-order valence-electron chi connectivity index (χ2n) is 9.46. The molecule has 1 N–H and O–H groups in total. The van der Waals surface area contributed by atoms with Crippen LogP contribution in [0.5, 0.6) is 17.2 Å². The van der Waals surface area contributed by atoms with E-state index in [-0.39, 0.29) is 32.8 Å². The number of benzene rings is 3. The molecule has 0 saturated heterocycles. The molecule has 1 aliphatic heterocycles. The standard InChI is InChI=1S/C30H24N4O10S/c1-4-44-29(37)24-25(16-8-6-5-7-9-16)31-30-32(26(24)17-10-11-21(42-2)22(13-17)43-3)28(36)23(45-30)14-18-12-19(33(38)39)15-20(27(18)35)34(40)41/h5-15,26,35H,4H2,1-3H3/b23-14-/t26-/m0/s1. The van der Waals surface area contributed by atoms with Crippen molar-refractivity contribution in [1.29, 1.82) is 0 Å². The fourth-order valence-corrected chi connectivity index (χ4v) is 5.89. The number of non-ortho nitro benzene ring substituents is 1. The first-order chi connectivity index (χ1) is 21.6. The van der Waals surface area contributed by atoms with Crippen molar-refractivity contribution < 1.29 is 34.0 Å². The van der Waals surface area contributed by atoms with Crippen LogP contribution in [0.3, 0.4) is 0 Å². The van der Waals surface area contributed by atoms with Crippen molar-refractivity contribution in [2.75, 3.05) is 20.8 Å². The highest BCUT2D eigenvalue weighted by molar-refractivity contribution is 7.07. The number of nitro benzene ring substituents is 2. The molecular formula is C30H24N4O10S. The topological polar surface area (TPSA) is 186 Å². The number of thiazole rings is 1. The smallest absolute Gasteiger partial charge is 0.338 e. The van der Waals surface area contributed by atoms with Crippen LogP contribution in [0.1, 0.15) is 29.7 Å². The molecule has 0 spiro atoms. The van der Waals surface area contributed by atoms with Crippen LogP contribution in [-0.4, -0.2) is 46.3 Å². The second-order valence-corrected chi connectivity index (χ2v) is 10.5. The Kier molecular flexibility index (Phi) is 8.45. The largest absolute Gasteiger partial charge is 0.502 e. The Morgan fingerprint density at radius 2 is 1.76 bits per heavy atom. The molecule has 230 valence electrons. The molecular weight excluding hydrogens is 608 g/mol. The summed E-state index contributed by atoms with van der Waals surface area (Å²) in [4.78, 5) is 53.8. The maximum absolute atomic E-state index is 14.1. The average molecular weight is 633 g/mol. The Bertz CT molecular complexity index is 2070. The Morgan fingerprint density at radius 3 is 2.38 bits per heavy atom. The van der Waals surface area contributed by atoms with E-state index in [1.54, 1.807) is 55.5 Å². The SMILES string of the molecule is CCOC(=O)C1=C(c2ccccc2)N=c2s/c(=C\c3cc([N+](=O)[O-])cc([N+](=O)[O-])c3O)c(=O)n2[C@H]1c1ccc(OC)c(OC)c1. The number of rotatable bonds is 9. The van der Waals surface area contributed by atoms with Crippen molar-refractivity contribution in [2.24, 2.45) is 4.99 Å². The summed E-state index contributed by atoms with van der Waals surface area (Å²) >= 11 is 0.871. The fraction of sp³-hybridized carbons (Fsp3) is 0.167. The van der Waals surface area contributed by atoms with E-state index in [1.165, 1.54) is 18.8 Å². The van der Waals surface area contributed by atoms with Gasteiger partial charge < -0.3 is 19.3 Å². The molecule has 1 aliphatic rings. The summed E-state index contributed by atoms with van der Waals surface area (Å²) in [5, 5.41) is 33.6. The van der Waals surface area contributed by atoms with Gasteiger partial charge in [-0.25, -0.2) is 9.79 Å². The number of nitrogens with zero attached hydrogens (tertiary/aromatic N) is 4. The van der Waals surface area contributed by atoms with Crippen LogP contribution < -0.4 is 24.4 Å². The number of hydrogen-bond donors (Lipinski definition) is 1. The number of carbonyl (C=O) groups is 1. The van der Waals surface area contributed by atoms with Gasteiger partial charge in [0.2, 0.25) is 5.75 Å². The Labute approximate surface area is 257 Å². The number of nitro groups is 2. The molecule has 14 nitrogen and oxygen atoms in total. The molecule has 15 heteroatoms. The van der Waals surface area contributed by atoms with Crippen molar-refractivity contribution in [3.63, 3.8) is 0 Å². The minimum Gasteiger partial charge on any atom is -0.502 e. The lowest BCUT2D eigenvalue weighted by Gasteiger charge is -2.26. The maximum atomic E-state index is 14.1. The van der Waals surface area contributed by atoms with E-state index in [9.17, 15) is 34.9 Å².